The molecular formula is C20H20Cl2N4O4. The molecule has 0 bridgehead atoms. The van der Waals surface area contributed by atoms with Gasteiger partial charge in [-0.05, 0) is 29.8 Å². The van der Waals surface area contributed by atoms with E-state index in [1.54, 1.807) is 36.5 Å². The fraction of sp³-hybridized carbons (Fsp3) is 0.350. The number of aromatic nitrogens is 1. The van der Waals surface area contributed by atoms with E-state index in [1.807, 2.05) is 0 Å². The first-order chi connectivity index (χ1) is 14.5. The number of nitrogens with one attached hydrogen (secondary N) is 2. The van der Waals surface area contributed by atoms with Gasteiger partial charge < -0.3 is 19.9 Å². The molecule has 1 fully saturated rings. The number of hydrazone groups is 1. The third kappa shape index (κ3) is 4.01. The zero-order valence-corrected chi connectivity index (χ0v) is 17.4. The van der Waals surface area contributed by atoms with Crippen molar-refractivity contribution in [3.63, 3.8) is 0 Å². The van der Waals surface area contributed by atoms with Crippen molar-refractivity contribution in [1.82, 2.24) is 15.7 Å². The van der Waals surface area contributed by atoms with E-state index in [1.165, 1.54) is 0 Å². The van der Waals surface area contributed by atoms with Gasteiger partial charge in [0.15, 0.2) is 5.60 Å². The topological polar surface area (TPSA) is 105 Å². The van der Waals surface area contributed by atoms with E-state index < -0.39 is 11.7 Å². The predicted octanol–water partition coefficient (Wildman–Crippen LogP) is 1.87. The highest BCUT2D eigenvalue weighted by atomic mass is 35.5. The van der Waals surface area contributed by atoms with Crippen LogP contribution in [0.5, 0.6) is 5.88 Å². The molecule has 2 aliphatic rings. The third-order valence-corrected chi connectivity index (χ3v) is 5.85. The number of ether oxygens (including phenoxy) is 2. The molecule has 2 aliphatic heterocycles. The molecule has 2 unspecified atom stereocenters. The molecule has 3 heterocycles. The van der Waals surface area contributed by atoms with Gasteiger partial charge >= 0.3 is 0 Å². The lowest BCUT2D eigenvalue weighted by atomic mass is 9.88. The van der Waals surface area contributed by atoms with Gasteiger partial charge in [0.1, 0.15) is 6.10 Å². The molecule has 0 spiro atoms. The number of rotatable bonds is 5. The highest BCUT2D eigenvalue weighted by Crippen LogP contribution is 2.36. The lowest BCUT2D eigenvalue weighted by Crippen LogP contribution is -2.51. The molecule has 8 nitrogen and oxygen atoms in total. The van der Waals surface area contributed by atoms with Gasteiger partial charge in [0, 0.05) is 19.3 Å². The second-order valence-electron chi connectivity index (χ2n) is 6.96. The normalized spacial score (nSPS) is 24.2. The lowest BCUT2D eigenvalue weighted by molar-refractivity contribution is -0.134. The average Bonchev–Trinajstić information content (AvgIpc) is 3.08. The Balaban J connectivity index is 1.73. The van der Waals surface area contributed by atoms with Gasteiger partial charge in [0.25, 0.3) is 0 Å². The Morgan fingerprint density at radius 1 is 1.30 bits per heavy atom. The fourth-order valence-electron chi connectivity index (χ4n) is 3.56. The summed E-state index contributed by atoms with van der Waals surface area (Å²) in [7, 11) is 0. The first-order valence-electron chi connectivity index (χ1n) is 9.42. The van der Waals surface area contributed by atoms with Gasteiger partial charge in [-0.25, -0.2) is 10.4 Å². The van der Waals surface area contributed by atoms with Gasteiger partial charge in [-0.1, -0.05) is 29.3 Å². The number of nitrogens with zero attached hydrogens (tertiary/aromatic N) is 2. The molecule has 0 radical (unpaired) electrons. The quantitative estimate of drug-likeness (QED) is 0.641. The molecule has 158 valence electrons. The van der Waals surface area contributed by atoms with Crippen molar-refractivity contribution in [2.75, 3.05) is 26.3 Å². The lowest BCUT2D eigenvalue weighted by Gasteiger charge is -2.38. The van der Waals surface area contributed by atoms with Gasteiger partial charge in [-0.15, -0.1) is 0 Å². The number of pyridine rings is 1. The number of aliphatic hydroxyl groups is 1. The first kappa shape index (κ1) is 21.0. The molecule has 2 aromatic rings. The Morgan fingerprint density at radius 3 is 2.90 bits per heavy atom. The van der Waals surface area contributed by atoms with Crippen LogP contribution < -0.4 is 15.5 Å². The van der Waals surface area contributed by atoms with Crippen LogP contribution in [0.4, 0.5) is 0 Å². The predicted molar refractivity (Wildman–Crippen MR) is 112 cm³/mol. The maximum absolute atomic E-state index is 11.6. The summed E-state index contributed by atoms with van der Waals surface area (Å²) in [6, 6.07) is 8.62. The molecule has 1 aromatic carbocycles. The summed E-state index contributed by atoms with van der Waals surface area (Å²) >= 11 is 12.3. The van der Waals surface area contributed by atoms with E-state index in [-0.39, 0.29) is 18.9 Å². The Kier molecular flexibility index (Phi) is 6.21. The number of hydrogen-bond acceptors (Lipinski definition) is 7. The SMILES string of the molecule is O=C1CC(c2cccnc2OC2CNCCOC2(CO)c2ccc(Cl)c(Cl)c2)=NN1. The number of aliphatic hydroxyl groups excluding tert-OH is 1. The minimum atomic E-state index is -1.20. The van der Waals surface area contributed by atoms with E-state index in [2.05, 4.69) is 20.8 Å². The van der Waals surface area contributed by atoms with Crippen LogP contribution in [0.25, 0.3) is 0 Å². The first-order valence-corrected chi connectivity index (χ1v) is 10.2. The second-order valence-corrected chi connectivity index (χ2v) is 7.78. The van der Waals surface area contributed by atoms with Crippen LogP contribution in [0.2, 0.25) is 10.0 Å². The summed E-state index contributed by atoms with van der Waals surface area (Å²) in [5.41, 5.74) is 3.01. The van der Waals surface area contributed by atoms with Crippen LogP contribution in [0, 0.1) is 0 Å². The number of hydrogen-bond donors (Lipinski definition) is 3. The van der Waals surface area contributed by atoms with Crippen LogP contribution in [0.3, 0.4) is 0 Å². The number of carbonyl (C=O) groups excluding carboxylic acids is 1. The summed E-state index contributed by atoms with van der Waals surface area (Å²) in [6.07, 6.45) is 1.08. The molecule has 1 aromatic heterocycles. The summed E-state index contributed by atoms with van der Waals surface area (Å²) in [6.45, 7) is 0.991. The molecule has 1 saturated heterocycles. The highest BCUT2D eigenvalue weighted by Gasteiger charge is 2.45. The molecular weight excluding hydrogens is 431 g/mol. The maximum atomic E-state index is 11.6. The van der Waals surface area contributed by atoms with Crippen LogP contribution >= 0.6 is 23.2 Å². The third-order valence-electron chi connectivity index (χ3n) is 5.11. The summed E-state index contributed by atoms with van der Waals surface area (Å²) in [5, 5.41) is 18.5. The van der Waals surface area contributed by atoms with Crippen molar-refractivity contribution >= 4 is 34.8 Å². The number of benzene rings is 1. The molecule has 10 heteroatoms. The Hall–Kier alpha value is -2.23. The standard InChI is InChI=1S/C20H20Cl2N4O4/c21-14-4-3-12(8-15(14)22)20(11-27)17(10-23-6-7-29-20)30-19-13(2-1-5-24-19)16-9-18(28)26-25-16/h1-5,8,17,23,27H,6-7,9-11H2,(H,26,28). The Labute approximate surface area is 183 Å². The summed E-state index contributed by atoms with van der Waals surface area (Å²) < 4.78 is 12.4. The molecule has 4 rings (SSSR count). The largest absolute Gasteiger partial charge is 0.469 e. The number of carbonyl (C=O) groups is 1. The minimum Gasteiger partial charge on any atom is -0.469 e. The smallest absolute Gasteiger partial charge is 0.246 e. The van der Waals surface area contributed by atoms with Crippen molar-refractivity contribution < 1.29 is 19.4 Å². The van der Waals surface area contributed by atoms with Crippen LogP contribution in [0.1, 0.15) is 17.5 Å². The van der Waals surface area contributed by atoms with E-state index in [0.717, 1.165) is 0 Å². The zero-order valence-electron chi connectivity index (χ0n) is 15.9. The summed E-state index contributed by atoms with van der Waals surface area (Å²) in [4.78, 5) is 15.9. The highest BCUT2D eigenvalue weighted by molar-refractivity contribution is 6.42. The molecule has 30 heavy (non-hydrogen) atoms. The van der Waals surface area contributed by atoms with Crippen LogP contribution in [-0.4, -0.2) is 54.1 Å². The van der Waals surface area contributed by atoms with E-state index in [9.17, 15) is 9.90 Å². The van der Waals surface area contributed by atoms with Crippen molar-refractivity contribution in [3.05, 3.63) is 57.7 Å². The molecule has 2 atom stereocenters. The molecule has 0 saturated carbocycles. The minimum absolute atomic E-state index is 0.138. The van der Waals surface area contributed by atoms with E-state index in [0.29, 0.717) is 52.5 Å². The molecule has 0 aliphatic carbocycles. The van der Waals surface area contributed by atoms with E-state index in [4.69, 9.17) is 32.7 Å². The van der Waals surface area contributed by atoms with Crippen molar-refractivity contribution in [3.8, 4) is 5.88 Å². The average molecular weight is 451 g/mol. The monoisotopic (exact) mass is 450 g/mol. The van der Waals surface area contributed by atoms with Gasteiger partial charge in [-0.2, -0.15) is 5.10 Å². The molecule has 1 amide bonds. The fourth-order valence-corrected chi connectivity index (χ4v) is 3.85. The van der Waals surface area contributed by atoms with E-state index >= 15 is 0 Å². The summed E-state index contributed by atoms with van der Waals surface area (Å²) in [5.74, 6) is 0.0997. The Bertz CT molecular complexity index is 987. The van der Waals surface area contributed by atoms with Gasteiger partial charge in [0.2, 0.25) is 11.8 Å². The maximum Gasteiger partial charge on any atom is 0.246 e. The van der Waals surface area contributed by atoms with Crippen LogP contribution in [-0.2, 0) is 15.1 Å². The van der Waals surface area contributed by atoms with Gasteiger partial charge in [0.05, 0.1) is 41.0 Å². The van der Waals surface area contributed by atoms with Crippen molar-refractivity contribution in [2.45, 2.75) is 18.1 Å². The number of amides is 1. The molecule has 3 N–H and O–H groups in total. The van der Waals surface area contributed by atoms with Crippen molar-refractivity contribution in [2.24, 2.45) is 5.10 Å². The Morgan fingerprint density at radius 2 is 2.17 bits per heavy atom. The number of halogens is 2. The second kappa shape index (κ2) is 8.87. The zero-order chi connectivity index (χ0) is 21.1. The van der Waals surface area contributed by atoms with Crippen LogP contribution in [0.15, 0.2) is 41.6 Å². The van der Waals surface area contributed by atoms with Gasteiger partial charge in [-0.3, -0.25) is 4.79 Å². The van der Waals surface area contributed by atoms with Crippen molar-refractivity contribution in [1.29, 1.82) is 0 Å².